The number of carbonyl (C=O) groups is 1. The van der Waals surface area contributed by atoms with Crippen molar-refractivity contribution in [3.8, 4) is 0 Å². The number of hydrogen-bond donors (Lipinski definition) is 2. The van der Waals surface area contributed by atoms with Gasteiger partial charge < -0.3 is 14.9 Å². The maximum atomic E-state index is 11.3. The van der Waals surface area contributed by atoms with Crippen LogP contribution in [0.25, 0.3) is 0 Å². The lowest BCUT2D eigenvalue weighted by Gasteiger charge is -2.13. The first kappa shape index (κ1) is 12.4. The molecule has 0 spiro atoms. The van der Waals surface area contributed by atoms with Gasteiger partial charge in [-0.1, -0.05) is 13.3 Å². The first-order chi connectivity index (χ1) is 7.13. The molecule has 15 heavy (non-hydrogen) atoms. The van der Waals surface area contributed by atoms with Gasteiger partial charge in [-0.15, -0.1) is 0 Å². The van der Waals surface area contributed by atoms with Gasteiger partial charge >= 0.3 is 5.97 Å². The number of rotatable bonds is 5. The maximum Gasteiger partial charge on any atom is 0.320 e. The van der Waals surface area contributed by atoms with Crippen LogP contribution in [-0.4, -0.2) is 59.5 Å². The number of carbonyl (C=O) groups excluding carboxylic acids is 1. The third-order valence-electron chi connectivity index (χ3n) is 2.45. The lowest BCUT2D eigenvalue weighted by atomic mass is 10.3. The topological polar surface area (TPSA) is 70.0 Å². The van der Waals surface area contributed by atoms with Crippen LogP contribution in [0.15, 0.2) is 0 Å². The van der Waals surface area contributed by atoms with Crippen LogP contribution in [-0.2, 0) is 9.53 Å². The van der Waals surface area contributed by atoms with Crippen molar-refractivity contribution in [2.45, 2.75) is 32.0 Å². The molecule has 0 aliphatic carbocycles. The van der Waals surface area contributed by atoms with E-state index in [9.17, 15) is 15.0 Å². The molecule has 0 bridgehead atoms. The average Bonchev–Trinajstić information content (AvgIpc) is 2.46. The lowest BCUT2D eigenvalue weighted by molar-refractivity contribution is -0.144. The van der Waals surface area contributed by atoms with Crippen molar-refractivity contribution in [2.24, 2.45) is 0 Å². The second kappa shape index (κ2) is 6.05. The highest BCUT2D eigenvalue weighted by atomic mass is 16.5. The summed E-state index contributed by atoms with van der Waals surface area (Å²) >= 11 is 0. The molecule has 1 aliphatic rings. The molecule has 88 valence electrons. The molecule has 0 saturated carbocycles. The number of unbranched alkanes of at least 4 members (excludes halogenated alkanes) is 1. The minimum atomic E-state index is -0.742. The Bertz CT molecular complexity index is 200. The fraction of sp³-hybridized carbons (Fsp3) is 0.900. The van der Waals surface area contributed by atoms with Gasteiger partial charge in [-0.3, -0.25) is 9.69 Å². The zero-order valence-corrected chi connectivity index (χ0v) is 9.06. The molecule has 1 fully saturated rings. The van der Waals surface area contributed by atoms with Crippen molar-refractivity contribution < 1.29 is 19.7 Å². The molecule has 1 heterocycles. The van der Waals surface area contributed by atoms with Crippen molar-refractivity contribution in [2.75, 3.05) is 26.2 Å². The second-order valence-electron chi connectivity index (χ2n) is 3.90. The van der Waals surface area contributed by atoms with Crippen molar-refractivity contribution in [1.29, 1.82) is 0 Å². The molecule has 1 saturated heterocycles. The molecule has 2 unspecified atom stereocenters. The summed E-state index contributed by atoms with van der Waals surface area (Å²) < 4.78 is 4.97. The molecule has 0 aromatic rings. The van der Waals surface area contributed by atoms with E-state index in [2.05, 4.69) is 0 Å². The van der Waals surface area contributed by atoms with Crippen LogP contribution >= 0.6 is 0 Å². The molecule has 1 rings (SSSR count). The van der Waals surface area contributed by atoms with Crippen LogP contribution in [0.3, 0.4) is 0 Å². The molecule has 2 N–H and O–H groups in total. The van der Waals surface area contributed by atoms with Gasteiger partial charge in [0.05, 0.1) is 25.4 Å². The summed E-state index contributed by atoms with van der Waals surface area (Å²) in [5.41, 5.74) is 0. The van der Waals surface area contributed by atoms with Crippen molar-refractivity contribution in [3.05, 3.63) is 0 Å². The summed E-state index contributed by atoms with van der Waals surface area (Å²) in [6, 6.07) is 0. The van der Waals surface area contributed by atoms with Gasteiger partial charge in [-0.2, -0.15) is 0 Å². The van der Waals surface area contributed by atoms with E-state index in [1.54, 1.807) is 4.90 Å². The summed E-state index contributed by atoms with van der Waals surface area (Å²) in [5.74, 6) is -0.287. The molecule has 0 radical (unpaired) electrons. The quantitative estimate of drug-likeness (QED) is 0.474. The molecule has 1 aliphatic heterocycles. The molecule has 2 atom stereocenters. The monoisotopic (exact) mass is 217 g/mol. The molecular weight excluding hydrogens is 198 g/mol. The van der Waals surface area contributed by atoms with E-state index in [1.165, 1.54) is 0 Å². The van der Waals surface area contributed by atoms with Crippen LogP contribution in [0.5, 0.6) is 0 Å². The Morgan fingerprint density at radius 1 is 1.40 bits per heavy atom. The van der Waals surface area contributed by atoms with Crippen LogP contribution in [0.4, 0.5) is 0 Å². The van der Waals surface area contributed by atoms with Crippen molar-refractivity contribution in [3.63, 3.8) is 0 Å². The average molecular weight is 217 g/mol. The summed E-state index contributed by atoms with van der Waals surface area (Å²) in [5, 5.41) is 18.5. The van der Waals surface area contributed by atoms with Gasteiger partial charge in [0.2, 0.25) is 0 Å². The Kier molecular flexibility index (Phi) is 5.01. The Morgan fingerprint density at radius 2 is 2.00 bits per heavy atom. The van der Waals surface area contributed by atoms with Crippen molar-refractivity contribution in [1.82, 2.24) is 4.90 Å². The number of nitrogens with zero attached hydrogens (tertiary/aromatic N) is 1. The normalized spacial score (nSPS) is 26.9. The first-order valence-corrected chi connectivity index (χ1v) is 5.37. The fourth-order valence-electron chi connectivity index (χ4n) is 1.53. The Morgan fingerprint density at radius 3 is 2.53 bits per heavy atom. The molecule has 0 amide bonds. The first-order valence-electron chi connectivity index (χ1n) is 5.37. The van der Waals surface area contributed by atoms with Gasteiger partial charge in [0.15, 0.2) is 0 Å². The van der Waals surface area contributed by atoms with E-state index in [0.29, 0.717) is 19.7 Å². The number of esters is 1. The molecular formula is C10H19NO4. The van der Waals surface area contributed by atoms with E-state index in [4.69, 9.17) is 4.74 Å². The van der Waals surface area contributed by atoms with E-state index in [0.717, 1.165) is 12.8 Å². The van der Waals surface area contributed by atoms with Crippen LogP contribution in [0.2, 0.25) is 0 Å². The van der Waals surface area contributed by atoms with Gasteiger partial charge in [0, 0.05) is 13.1 Å². The van der Waals surface area contributed by atoms with Gasteiger partial charge in [-0.05, 0) is 6.42 Å². The van der Waals surface area contributed by atoms with Crippen LogP contribution in [0.1, 0.15) is 19.8 Å². The van der Waals surface area contributed by atoms with E-state index in [-0.39, 0.29) is 12.5 Å². The Labute approximate surface area is 89.6 Å². The minimum Gasteiger partial charge on any atom is -0.465 e. The minimum absolute atomic E-state index is 0.151. The van der Waals surface area contributed by atoms with Gasteiger partial charge in [0.1, 0.15) is 0 Å². The zero-order chi connectivity index (χ0) is 11.3. The Hall–Kier alpha value is -0.650. The predicted octanol–water partition coefficient (Wildman–Crippen LogP) is -0.633. The smallest absolute Gasteiger partial charge is 0.320 e. The van der Waals surface area contributed by atoms with E-state index >= 15 is 0 Å². The van der Waals surface area contributed by atoms with Crippen LogP contribution in [0, 0.1) is 0 Å². The number of ether oxygens (including phenoxy) is 1. The van der Waals surface area contributed by atoms with Gasteiger partial charge in [-0.25, -0.2) is 0 Å². The fourth-order valence-corrected chi connectivity index (χ4v) is 1.53. The van der Waals surface area contributed by atoms with E-state index in [1.807, 2.05) is 6.92 Å². The number of aliphatic hydroxyl groups excluding tert-OH is 2. The molecule has 0 aromatic carbocycles. The standard InChI is InChI=1S/C10H19NO4/c1-2-3-4-15-10(14)7-11-5-8(12)9(13)6-11/h8-9,12-13H,2-7H2,1H3. The largest absolute Gasteiger partial charge is 0.465 e. The summed E-state index contributed by atoms with van der Waals surface area (Å²) in [4.78, 5) is 13.0. The predicted molar refractivity (Wildman–Crippen MR) is 54.3 cm³/mol. The summed E-state index contributed by atoms with van der Waals surface area (Å²) in [6.07, 6.45) is 0.382. The van der Waals surface area contributed by atoms with Gasteiger partial charge in [0.25, 0.3) is 0 Å². The maximum absolute atomic E-state index is 11.3. The number of hydrogen-bond acceptors (Lipinski definition) is 5. The highest BCUT2D eigenvalue weighted by molar-refractivity contribution is 5.71. The third-order valence-corrected chi connectivity index (χ3v) is 2.45. The highest BCUT2D eigenvalue weighted by Crippen LogP contribution is 2.09. The lowest BCUT2D eigenvalue weighted by Crippen LogP contribution is -2.30. The number of β-amino-alcohol motifs (C(OH)–C–C–N with tert-alkyl or cyclic N) is 2. The summed E-state index contributed by atoms with van der Waals surface area (Å²) in [7, 11) is 0. The highest BCUT2D eigenvalue weighted by Gasteiger charge is 2.30. The molecule has 5 nitrogen and oxygen atoms in total. The summed E-state index contributed by atoms with van der Waals surface area (Å²) in [6.45, 7) is 3.31. The Balaban J connectivity index is 2.16. The van der Waals surface area contributed by atoms with Crippen molar-refractivity contribution >= 4 is 5.97 Å². The third kappa shape index (κ3) is 4.15. The van der Waals surface area contributed by atoms with E-state index < -0.39 is 12.2 Å². The molecule has 0 aromatic heterocycles. The van der Waals surface area contributed by atoms with Crippen LogP contribution < -0.4 is 0 Å². The number of aliphatic hydroxyl groups is 2. The zero-order valence-electron chi connectivity index (χ0n) is 9.06. The second-order valence-corrected chi connectivity index (χ2v) is 3.90. The molecule has 5 heteroatoms. The number of likely N-dealkylation sites (tertiary alicyclic amines) is 1. The SMILES string of the molecule is CCCCOC(=O)CN1CC(O)C(O)C1.